The summed E-state index contributed by atoms with van der Waals surface area (Å²) in [6.07, 6.45) is 3.48. The number of esters is 1. The Labute approximate surface area is 124 Å². The van der Waals surface area contributed by atoms with Crippen molar-refractivity contribution in [1.82, 2.24) is 24.7 Å². The Balaban J connectivity index is 2.16. The van der Waals surface area contributed by atoms with Gasteiger partial charge < -0.3 is 4.74 Å². The van der Waals surface area contributed by atoms with Crippen LogP contribution in [-0.2, 0) is 9.53 Å². The minimum absolute atomic E-state index is 0.180. The van der Waals surface area contributed by atoms with E-state index in [1.165, 1.54) is 30.6 Å². The summed E-state index contributed by atoms with van der Waals surface area (Å²) in [7, 11) is 1.35. The van der Waals surface area contributed by atoms with Crippen LogP contribution in [0.15, 0.2) is 22.7 Å². The van der Waals surface area contributed by atoms with Gasteiger partial charge in [0.25, 0.3) is 0 Å². The molecule has 0 aliphatic heterocycles. The molecule has 9 heteroatoms. The molecule has 20 heavy (non-hydrogen) atoms. The van der Waals surface area contributed by atoms with E-state index in [0.717, 1.165) is 5.69 Å². The summed E-state index contributed by atoms with van der Waals surface area (Å²) in [6.45, 7) is 1.90. The van der Waals surface area contributed by atoms with Crippen molar-refractivity contribution in [1.29, 1.82) is 0 Å². The van der Waals surface area contributed by atoms with Crippen molar-refractivity contribution < 1.29 is 9.53 Å². The topological polar surface area (TPSA) is 82.8 Å². The van der Waals surface area contributed by atoms with Crippen LogP contribution in [0.4, 0.5) is 0 Å². The fourth-order valence-corrected chi connectivity index (χ4v) is 2.39. The van der Waals surface area contributed by atoms with Crippen molar-refractivity contribution in [2.24, 2.45) is 0 Å². The number of carbonyl (C=O) groups is 1. The van der Waals surface area contributed by atoms with Crippen LogP contribution in [-0.4, -0.2) is 49.8 Å². The van der Waals surface area contributed by atoms with Gasteiger partial charge in [0.15, 0.2) is 11.0 Å². The van der Waals surface area contributed by atoms with Crippen LogP contribution in [0.3, 0.4) is 0 Å². The summed E-state index contributed by atoms with van der Waals surface area (Å²) in [5, 5.41) is 5.44. The summed E-state index contributed by atoms with van der Waals surface area (Å²) in [6, 6.07) is 1.82. The van der Waals surface area contributed by atoms with Gasteiger partial charge in [-0.1, -0.05) is 23.5 Å². The molecule has 0 saturated heterocycles. The lowest BCUT2D eigenvalue weighted by Crippen LogP contribution is -2.04. The van der Waals surface area contributed by atoms with Crippen molar-refractivity contribution in [3.05, 3.63) is 18.1 Å². The van der Waals surface area contributed by atoms with Gasteiger partial charge in [0.05, 0.1) is 12.9 Å². The second kappa shape index (κ2) is 6.71. The van der Waals surface area contributed by atoms with E-state index in [1.807, 2.05) is 19.2 Å². The number of carbonyl (C=O) groups excluding carboxylic acids is 1. The largest absolute Gasteiger partial charge is 0.468 e. The number of nitrogens with zero attached hydrogens (tertiary/aromatic N) is 5. The summed E-state index contributed by atoms with van der Waals surface area (Å²) in [5.41, 5.74) is 0.860. The number of methoxy groups -OCH3 is 1. The molecule has 0 amide bonds. The van der Waals surface area contributed by atoms with E-state index in [4.69, 9.17) is 0 Å². The molecule has 2 heterocycles. The molecule has 0 fully saturated rings. The van der Waals surface area contributed by atoms with E-state index in [9.17, 15) is 4.79 Å². The maximum absolute atomic E-state index is 11.1. The fourth-order valence-electron chi connectivity index (χ4n) is 1.34. The minimum atomic E-state index is -0.311. The van der Waals surface area contributed by atoms with Gasteiger partial charge in [-0.3, -0.25) is 4.79 Å². The molecule has 0 aliphatic rings. The first-order valence-corrected chi connectivity index (χ1v) is 7.84. The number of aryl methyl sites for hydroxylation is 1. The van der Waals surface area contributed by atoms with Crippen molar-refractivity contribution in [2.45, 2.75) is 17.2 Å². The Kier molecular flexibility index (Phi) is 4.96. The van der Waals surface area contributed by atoms with Gasteiger partial charge in [-0.25, -0.2) is 19.6 Å². The van der Waals surface area contributed by atoms with Crippen LogP contribution >= 0.6 is 23.5 Å². The van der Waals surface area contributed by atoms with Crippen LogP contribution in [0.25, 0.3) is 5.82 Å². The first-order valence-electron chi connectivity index (χ1n) is 5.63. The van der Waals surface area contributed by atoms with Crippen molar-refractivity contribution in [3.63, 3.8) is 0 Å². The molecule has 0 saturated carbocycles. The molecule has 0 atom stereocenters. The van der Waals surface area contributed by atoms with Gasteiger partial charge in [0.1, 0.15) is 6.33 Å². The highest BCUT2D eigenvalue weighted by Gasteiger charge is 2.09. The molecular weight excluding hydrogens is 298 g/mol. The first kappa shape index (κ1) is 14.8. The van der Waals surface area contributed by atoms with E-state index in [1.54, 1.807) is 11.0 Å². The van der Waals surface area contributed by atoms with Gasteiger partial charge in [-0.15, -0.1) is 5.10 Å². The van der Waals surface area contributed by atoms with Crippen LogP contribution in [0.2, 0.25) is 0 Å². The molecule has 2 rings (SSSR count). The highest BCUT2D eigenvalue weighted by atomic mass is 32.2. The molecule has 0 bridgehead atoms. The molecule has 2 aromatic rings. The second-order valence-electron chi connectivity index (χ2n) is 3.69. The first-order chi connectivity index (χ1) is 9.62. The molecule has 0 spiro atoms. The van der Waals surface area contributed by atoms with E-state index in [-0.39, 0.29) is 11.7 Å². The van der Waals surface area contributed by atoms with Gasteiger partial charge in [-0.05, 0) is 13.2 Å². The minimum Gasteiger partial charge on any atom is -0.468 e. The maximum Gasteiger partial charge on any atom is 0.316 e. The number of rotatable bonds is 5. The Morgan fingerprint density at radius 3 is 2.90 bits per heavy atom. The van der Waals surface area contributed by atoms with E-state index in [2.05, 4.69) is 24.8 Å². The van der Waals surface area contributed by atoms with Gasteiger partial charge in [0.2, 0.25) is 5.16 Å². The van der Waals surface area contributed by atoms with E-state index >= 15 is 0 Å². The Hall–Kier alpha value is -1.61. The van der Waals surface area contributed by atoms with Crippen LogP contribution in [0.5, 0.6) is 0 Å². The Morgan fingerprint density at radius 2 is 2.20 bits per heavy atom. The van der Waals surface area contributed by atoms with Crippen LogP contribution < -0.4 is 0 Å². The monoisotopic (exact) mass is 311 g/mol. The molecule has 0 aliphatic carbocycles. The number of ether oxygens (including phenoxy) is 1. The van der Waals surface area contributed by atoms with Crippen LogP contribution in [0.1, 0.15) is 5.69 Å². The number of hydrogen-bond donors (Lipinski definition) is 0. The van der Waals surface area contributed by atoms with Gasteiger partial charge in [-0.2, -0.15) is 0 Å². The summed E-state index contributed by atoms with van der Waals surface area (Å²) >= 11 is 2.68. The quantitative estimate of drug-likeness (QED) is 0.465. The van der Waals surface area contributed by atoms with E-state index in [0.29, 0.717) is 16.1 Å². The molecule has 106 valence electrons. The lowest BCUT2D eigenvalue weighted by atomic mass is 10.4. The third kappa shape index (κ3) is 3.70. The van der Waals surface area contributed by atoms with Crippen molar-refractivity contribution >= 4 is 29.5 Å². The zero-order valence-electron chi connectivity index (χ0n) is 11.2. The normalized spacial score (nSPS) is 10.6. The summed E-state index contributed by atoms with van der Waals surface area (Å²) in [4.78, 5) is 23.8. The number of hydrogen-bond acceptors (Lipinski definition) is 8. The molecule has 7 nitrogen and oxygen atoms in total. The molecular formula is C11H13N5O2S2. The lowest BCUT2D eigenvalue weighted by Gasteiger charge is -2.03. The second-order valence-corrected chi connectivity index (χ2v) is 5.41. The third-order valence-corrected chi connectivity index (χ3v) is 3.63. The average molecular weight is 311 g/mol. The smallest absolute Gasteiger partial charge is 0.316 e. The number of aromatic nitrogens is 5. The molecule has 0 unspecified atom stereocenters. The predicted molar refractivity (Wildman–Crippen MR) is 76.2 cm³/mol. The zero-order chi connectivity index (χ0) is 14.5. The Bertz CT molecular complexity index is 617. The average Bonchev–Trinajstić information content (AvgIpc) is 2.92. The third-order valence-electron chi connectivity index (χ3n) is 2.26. The van der Waals surface area contributed by atoms with Gasteiger partial charge >= 0.3 is 5.97 Å². The van der Waals surface area contributed by atoms with Gasteiger partial charge in [0, 0.05) is 11.8 Å². The summed E-state index contributed by atoms with van der Waals surface area (Å²) < 4.78 is 6.13. The SMILES string of the molecule is COC(=O)CSc1ncn(-c2cc(C)nc(SC)n2)n1. The molecule has 0 aromatic carbocycles. The maximum atomic E-state index is 11.1. The molecule has 0 radical (unpaired) electrons. The van der Waals surface area contributed by atoms with E-state index < -0.39 is 0 Å². The highest BCUT2D eigenvalue weighted by molar-refractivity contribution is 7.99. The van der Waals surface area contributed by atoms with Crippen molar-refractivity contribution in [3.8, 4) is 5.82 Å². The standard InChI is InChI=1S/C11H13N5O2S2/c1-7-4-8(14-11(13-7)19-3)16-6-12-10(15-16)20-5-9(17)18-2/h4,6H,5H2,1-3H3. The Morgan fingerprint density at radius 1 is 1.40 bits per heavy atom. The fraction of sp³-hybridized carbons (Fsp3) is 0.364. The summed E-state index contributed by atoms with van der Waals surface area (Å²) in [5.74, 6) is 0.521. The molecule has 0 N–H and O–H groups in total. The zero-order valence-corrected chi connectivity index (χ0v) is 12.9. The van der Waals surface area contributed by atoms with Crippen LogP contribution in [0, 0.1) is 6.92 Å². The predicted octanol–water partition coefficient (Wildman–Crippen LogP) is 1.35. The molecule has 2 aromatic heterocycles. The highest BCUT2D eigenvalue weighted by Crippen LogP contribution is 2.16. The lowest BCUT2D eigenvalue weighted by molar-refractivity contribution is -0.137. The number of thioether (sulfide) groups is 2. The van der Waals surface area contributed by atoms with Crippen molar-refractivity contribution in [2.75, 3.05) is 19.1 Å².